The average molecular weight is 260 g/mol. The third-order valence-corrected chi connectivity index (χ3v) is 2.91. The second-order valence-corrected chi connectivity index (χ2v) is 4.88. The molecule has 0 spiro atoms. The lowest BCUT2D eigenvalue weighted by Crippen LogP contribution is -1.70. The zero-order valence-electron chi connectivity index (χ0n) is 13.0. The zero-order valence-corrected chi connectivity index (χ0v) is 13.0. The molecular formula is C19H32. The topological polar surface area (TPSA) is 0 Å². The monoisotopic (exact) mass is 260 g/mol. The third-order valence-electron chi connectivity index (χ3n) is 2.91. The van der Waals surface area contributed by atoms with Gasteiger partial charge in [-0.05, 0) is 38.5 Å². The van der Waals surface area contributed by atoms with Gasteiger partial charge in [0.05, 0.1) is 0 Å². The van der Waals surface area contributed by atoms with Crippen LogP contribution in [0, 0.1) is 0 Å². The fourth-order valence-electron chi connectivity index (χ4n) is 1.73. The van der Waals surface area contributed by atoms with Gasteiger partial charge in [0, 0.05) is 0 Å². The van der Waals surface area contributed by atoms with Crippen molar-refractivity contribution in [2.45, 2.75) is 71.6 Å². The smallest absolute Gasteiger partial charge is 0.0169 e. The standard InChI is InChI=1S/C19H32/c1-3-5-7-9-11-13-15-17-19-18-16-14-12-10-8-6-4-2/h7,9,12-15,18-19H,3-6,8,10-11,16-17H2,1-2H3/b9-7+,14-12+,15-13+,19-18-. The van der Waals surface area contributed by atoms with Crippen molar-refractivity contribution in [3.63, 3.8) is 0 Å². The Bertz CT molecular complexity index is 266. The van der Waals surface area contributed by atoms with E-state index < -0.39 is 0 Å². The highest BCUT2D eigenvalue weighted by atomic mass is 13.9. The highest BCUT2D eigenvalue weighted by Crippen LogP contribution is 2.00. The largest absolute Gasteiger partial charge is 0.0882 e. The summed E-state index contributed by atoms with van der Waals surface area (Å²) in [5.41, 5.74) is 0. The summed E-state index contributed by atoms with van der Waals surface area (Å²) in [7, 11) is 0. The van der Waals surface area contributed by atoms with Crippen molar-refractivity contribution in [3.05, 3.63) is 48.6 Å². The Balaban J connectivity index is 3.35. The van der Waals surface area contributed by atoms with Crippen LogP contribution in [-0.4, -0.2) is 0 Å². The fraction of sp³-hybridized carbons (Fsp3) is 0.579. The van der Waals surface area contributed by atoms with E-state index in [1.807, 2.05) is 0 Å². The first-order valence-electron chi connectivity index (χ1n) is 8.01. The molecule has 0 heterocycles. The first kappa shape index (κ1) is 18.0. The van der Waals surface area contributed by atoms with E-state index in [-0.39, 0.29) is 0 Å². The molecule has 108 valence electrons. The number of hydrogen-bond donors (Lipinski definition) is 0. The highest BCUT2D eigenvalue weighted by Gasteiger charge is 1.80. The fourth-order valence-corrected chi connectivity index (χ4v) is 1.73. The lowest BCUT2D eigenvalue weighted by molar-refractivity contribution is 0.728. The molecule has 0 aromatic rings. The molecule has 0 saturated carbocycles. The molecule has 0 nitrogen and oxygen atoms in total. The zero-order chi connectivity index (χ0) is 14.0. The summed E-state index contributed by atoms with van der Waals surface area (Å²) < 4.78 is 0. The number of hydrogen-bond acceptors (Lipinski definition) is 0. The second-order valence-electron chi connectivity index (χ2n) is 4.88. The Labute approximate surface area is 121 Å². The van der Waals surface area contributed by atoms with Gasteiger partial charge >= 0.3 is 0 Å². The van der Waals surface area contributed by atoms with E-state index in [1.165, 1.54) is 38.5 Å². The molecule has 0 bridgehead atoms. The van der Waals surface area contributed by atoms with E-state index >= 15 is 0 Å². The Hall–Kier alpha value is -1.04. The summed E-state index contributed by atoms with van der Waals surface area (Å²) in [6, 6.07) is 0. The maximum absolute atomic E-state index is 2.31. The predicted octanol–water partition coefficient (Wildman–Crippen LogP) is 6.76. The quantitative estimate of drug-likeness (QED) is 0.268. The molecule has 19 heavy (non-hydrogen) atoms. The molecule has 0 aromatic carbocycles. The van der Waals surface area contributed by atoms with Crippen LogP contribution < -0.4 is 0 Å². The minimum atomic E-state index is 1.06. The minimum Gasteiger partial charge on any atom is -0.0882 e. The maximum atomic E-state index is 2.31. The van der Waals surface area contributed by atoms with Crippen LogP contribution >= 0.6 is 0 Å². The maximum Gasteiger partial charge on any atom is -0.0169 e. The Morgan fingerprint density at radius 2 is 0.947 bits per heavy atom. The van der Waals surface area contributed by atoms with Crippen LogP contribution in [0.1, 0.15) is 71.6 Å². The molecule has 0 aliphatic carbocycles. The van der Waals surface area contributed by atoms with Gasteiger partial charge in [0.25, 0.3) is 0 Å². The van der Waals surface area contributed by atoms with E-state index in [0.717, 1.165) is 19.3 Å². The number of rotatable bonds is 12. The Morgan fingerprint density at radius 1 is 0.474 bits per heavy atom. The van der Waals surface area contributed by atoms with Crippen molar-refractivity contribution in [1.29, 1.82) is 0 Å². The van der Waals surface area contributed by atoms with E-state index in [4.69, 9.17) is 0 Å². The summed E-state index contributed by atoms with van der Waals surface area (Å²) in [4.78, 5) is 0. The number of unbranched alkanes of at least 4 members (excludes halogenated alkanes) is 4. The molecule has 0 aliphatic rings. The Morgan fingerprint density at radius 3 is 1.42 bits per heavy atom. The van der Waals surface area contributed by atoms with Crippen LogP contribution in [-0.2, 0) is 0 Å². The van der Waals surface area contributed by atoms with Crippen LogP contribution in [0.2, 0.25) is 0 Å². The van der Waals surface area contributed by atoms with Crippen LogP contribution in [0.15, 0.2) is 48.6 Å². The molecule has 0 heteroatoms. The van der Waals surface area contributed by atoms with Gasteiger partial charge in [-0.3, -0.25) is 0 Å². The minimum absolute atomic E-state index is 1.06. The molecule has 0 atom stereocenters. The van der Waals surface area contributed by atoms with Crippen LogP contribution in [0.3, 0.4) is 0 Å². The van der Waals surface area contributed by atoms with E-state index in [1.54, 1.807) is 0 Å². The van der Waals surface area contributed by atoms with Crippen molar-refractivity contribution in [2.24, 2.45) is 0 Å². The Kier molecular flexibility index (Phi) is 16.0. The molecule has 0 N–H and O–H groups in total. The predicted molar refractivity (Wildman–Crippen MR) is 89.5 cm³/mol. The SMILES string of the molecule is CCC/C=C/C/C=C/C/C=C\C/C=C/CCCCC. The average Bonchev–Trinajstić information content (AvgIpc) is 2.43. The highest BCUT2D eigenvalue weighted by molar-refractivity contribution is 4.99. The summed E-state index contributed by atoms with van der Waals surface area (Å²) in [5, 5.41) is 0. The van der Waals surface area contributed by atoms with Crippen LogP contribution in [0.5, 0.6) is 0 Å². The molecular weight excluding hydrogens is 228 g/mol. The molecule has 0 fully saturated rings. The molecule has 0 aliphatic heterocycles. The number of allylic oxidation sites excluding steroid dienone is 8. The van der Waals surface area contributed by atoms with Gasteiger partial charge in [-0.2, -0.15) is 0 Å². The van der Waals surface area contributed by atoms with Crippen molar-refractivity contribution in [2.75, 3.05) is 0 Å². The van der Waals surface area contributed by atoms with Crippen molar-refractivity contribution in [1.82, 2.24) is 0 Å². The first-order valence-corrected chi connectivity index (χ1v) is 8.01. The van der Waals surface area contributed by atoms with Gasteiger partial charge in [0.15, 0.2) is 0 Å². The molecule has 0 radical (unpaired) electrons. The van der Waals surface area contributed by atoms with Crippen molar-refractivity contribution < 1.29 is 0 Å². The van der Waals surface area contributed by atoms with Gasteiger partial charge in [0.1, 0.15) is 0 Å². The van der Waals surface area contributed by atoms with Gasteiger partial charge in [-0.25, -0.2) is 0 Å². The second kappa shape index (κ2) is 17.0. The summed E-state index contributed by atoms with van der Waals surface area (Å²) in [5.74, 6) is 0. The van der Waals surface area contributed by atoms with E-state index in [9.17, 15) is 0 Å². The lowest BCUT2D eigenvalue weighted by Gasteiger charge is -1.90. The third kappa shape index (κ3) is 17.0. The van der Waals surface area contributed by atoms with Crippen molar-refractivity contribution >= 4 is 0 Å². The van der Waals surface area contributed by atoms with Gasteiger partial charge in [-0.15, -0.1) is 0 Å². The van der Waals surface area contributed by atoms with Crippen molar-refractivity contribution in [3.8, 4) is 0 Å². The van der Waals surface area contributed by atoms with E-state index in [0.29, 0.717) is 0 Å². The lowest BCUT2D eigenvalue weighted by atomic mass is 10.2. The summed E-state index contributed by atoms with van der Waals surface area (Å²) in [6.07, 6.45) is 29.0. The normalized spacial score (nSPS) is 12.7. The first-order chi connectivity index (χ1) is 9.41. The summed E-state index contributed by atoms with van der Waals surface area (Å²) >= 11 is 0. The summed E-state index contributed by atoms with van der Waals surface area (Å²) in [6.45, 7) is 4.46. The molecule has 0 unspecified atom stereocenters. The molecule has 0 aromatic heterocycles. The molecule has 0 rings (SSSR count). The van der Waals surface area contributed by atoms with Gasteiger partial charge in [0.2, 0.25) is 0 Å². The van der Waals surface area contributed by atoms with E-state index in [2.05, 4.69) is 62.5 Å². The van der Waals surface area contributed by atoms with Crippen LogP contribution in [0.4, 0.5) is 0 Å². The van der Waals surface area contributed by atoms with Gasteiger partial charge < -0.3 is 0 Å². The van der Waals surface area contributed by atoms with Gasteiger partial charge in [-0.1, -0.05) is 81.7 Å². The molecule has 0 amide bonds. The molecule has 0 saturated heterocycles. The van der Waals surface area contributed by atoms with Crippen LogP contribution in [0.25, 0.3) is 0 Å².